The van der Waals surface area contributed by atoms with Gasteiger partial charge in [-0.25, -0.2) is 5.84 Å². The SMILES string of the molecule is Cc1onc(-c2c(Cl)cccc2Cl)c1C(=O)NN.Cc1onc(-c2c(Cl)cccc2Cl)c1C(=O)NNC(=O)CON=Cc1ccc(Cl)cc1Cl. The molecule has 0 saturated carbocycles. The first-order chi connectivity index (χ1) is 23.8. The van der Waals surface area contributed by atoms with Crippen LogP contribution < -0.4 is 22.1 Å². The van der Waals surface area contributed by atoms with Gasteiger partial charge in [-0.1, -0.05) is 103 Å². The Morgan fingerprint density at radius 2 is 1.26 bits per heavy atom. The van der Waals surface area contributed by atoms with E-state index in [2.05, 4.69) is 26.3 Å². The zero-order chi connectivity index (χ0) is 36.5. The molecule has 0 saturated heterocycles. The number of carbonyl (C=O) groups is 3. The third-order valence-electron chi connectivity index (χ3n) is 6.45. The van der Waals surface area contributed by atoms with E-state index in [1.54, 1.807) is 61.5 Å². The minimum absolute atomic E-state index is 0.0663. The number of carbonyl (C=O) groups excluding carboxylic acids is 3. The van der Waals surface area contributed by atoms with Gasteiger partial charge < -0.3 is 13.9 Å². The summed E-state index contributed by atoms with van der Waals surface area (Å²) in [6, 6.07) is 14.7. The molecule has 0 spiro atoms. The summed E-state index contributed by atoms with van der Waals surface area (Å²) in [7, 11) is 0. The summed E-state index contributed by atoms with van der Waals surface area (Å²) in [4.78, 5) is 41.2. The van der Waals surface area contributed by atoms with Crippen molar-refractivity contribution in [2.45, 2.75) is 13.8 Å². The molecule has 13 nitrogen and oxygen atoms in total. The van der Waals surface area contributed by atoms with E-state index >= 15 is 0 Å². The van der Waals surface area contributed by atoms with Crippen LogP contribution in [0.25, 0.3) is 22.5 Å². The van der Waals surface area contributed by atoms with Gasteiger partial charge >= 0.3 is 0 Å². The lowest BCUT2D eigenvalue weighted by Gasteiger charge is -2.08. The molecule has 5 aromatic rings. The Morgan fingerprint density at radius 3 is 1.74 bits per heavy atom. The molecule has 0 atom stereocenters. The van der Waals surface area contributed by atoms with E-state index in [1.165, 1.54) is 13.1 Å². The molecule has 50 heavy (non-hydrogen) atoms. The molecular weight excluding hydrogens is 779 g/mol. The van der Waals surface area contributed by atoms with Crippen LogP contribution in [0.5, 0.6) is 0 Å². The average Bonchev–Trinajstić information content (AvgIpc) is 3.64. The Balaban J connectivity index is 0.000000263. The lowest BCUT2D eigenvalue weighted by molar-refractivity contribution is -0.126. The summed E-state index contributed by atoms with van der Waals surface area (Å²) in [5, 5.41) is 13.5. The van der Waals surface area contributed by atoms with Crippen molar-refractivity contribution in [2.24, 2.45) is 11.0 Å². The number of nitrogens with two attached hydrogens (primary N) is 1. The van der Waals surface area contributed by atoms with Gasteiger partial charge in [-0.15, -0.1) is 0 Å². The van der Waals surface area contributed by atoms with E-state index < -0.39 is 24.3 Å². The fourth-order valence-electron chi connectivity index (χ4n) is 4.16. The quantitative estimate of drug-likeness (QED) is 0.0530. The van der Waals surface area contributed by atoms with Crippen molar-refractivity contribution in [3.05, 3.63) is 113 Å². The van der Waals surface area contributed by atoms with Crippen LogP contribution in [0.2, 0.25) is 30.1 Å². The topological polar surface area (TPSA) is 187 Å². The van der Waals surface area contributed by atoms with Crippen molar-refractivity contribution in [1.29, 1.82) is 0 Å². The number of halogens is 6. The second-order valence-corrected chi connectivity index (χ2v) is 12.2. The van der Waals surface area contributed by atoms with Gasteiger partial charge in [0.25, 0.3) is 17.7 Å². The molecule has 19 heteroatoms. The average molecular weight is 802 g/mol. The number of rotatable bonds is 8. The highest BCUT2D eigenvalue weighted by molar-refractivity contribution is 6.40. The first-order valence-corrected chi connectivity index (χ1v) is 16.1. The third-order valence-corrected chi connectivity index (χ3v) is 8.27. The van der Waals surface area contributed by atoms with E-state index in [4.69, 9.17) is 89.3 Å². The predicted octanol–water partition coefficient (Wildman–Crippen LogP) is 7.64. The zero-order valence-electron chi connectivity index (χ0n) is 25.6. The van der Waals surface area contributed by atoms with Crippen LogP contribution in [0.3, 0.4) is 0 Å². The van der Waals surface area contributed by atoms with Crippen LogP contribution >= 0.6 is 69.6 Å². The smallest absolute Gasteiger partial charge is 0.279 e. The Kier molecular flexibility index (Phi) is 13.5. The molecule has 0 aliphatic rings. The highest BCUT2D eigenvalue weighted by Gasteiger charge is 2.26. The van der Waals surface area contributed by atoms with Gasteiger partial charge in [0, 0.05) is 21.7 Å². The van der Waals surface area contributed by atoms with Crippen LogP contribution in [0, 0.1) is 13.8 Å². The standard InChI is InChI=1S/C20H14Cl4N4O4.C11H9Cl2N3O2/c1-10-17(19(28-32-10)18-13(22)3-2-4-14(18)23)20(30)27-26-16(29)9-31-25-8-11-5-6-12(21)7-15(11)24;1-5-8(11(17)15-14)10(16-18-5)9-6(12)3-2-4-7(9)13/h2-8H,9H2,1H3,(H,26,29)(H,27,30);2-4H,14H2,1H3,(H,15,17). The largest absolute Gasteiger partial charge is 0.386 e. The Morgan fingerprint density at radius 1 is 0.760 bits per heavy atom. The number of aromatic nitrogens is 2. The molecule has 2 aromatic heterocycles. The summed E-state index contributed by atoms with van der Waals surface area (Å²) < 4.78 is 10.1. The molecular formula is C31H23Cl6N7O6. The maximum atomic E-state index is 12.6. The molecule has 0 bridgehead atoms. The second kappa shape index (κ2) is 17.5. The highest BCUT2D eigenvalue weighted by Crippen LogP contribution is 2.38. The number of nitrogens with zero attached hydrogens (tertiary/aromatic N) is 3. The summed E-state index contributed by atoms with van der Waals surface area (Å²) in [5.74, 6) is 3.81. The van der Waals surface area contributed by atoms with Gasteiger partial charge in [-0.05, 0) is 50.2 Å². The van der Waals surface area contributed by atoms with Crippen molar-refractivity contribution in [1.82, 2.24) is 26.6 Å². The lowest BCUT2D eigenvalue weighted by Crippen LogP contribution is -2.43. The van der Waals surface area contributed by atoms with Gasteiger partial charge in [-0.2, -0.15) is 0 Å². The Bertz CT molecular complexity index is 2040. The van der Waals surface area contributed by atoms with E-state index in [1.807, 2.05) is 5.43 Å². The number of nitrogens with one attached hydrogen (secondary N) is 3. The maximum Gasteiger partial charge on any atom is 0.279 e. The van der Waals surface area contributed by atoms with E-state index in [-0.39, 0.29) is 38.3 Å². The molecule has 5 N–H and O–H groups in total. The van der Waals surface area contributed by atoms with Crippen molar-refractivity contribution >= 4 is 93.5 Å². The number of amides is 3. The summed E-state index contributed by atoms with van der Waals surface area (Å²) in [6.45, 7) is 2.68. The van der Waals surface area contributed by atoms with Crippen molar-refractivity contribution in [2.75, 3.05) is 6.61 Å². The van der Waals surface area contributed by atoms with Crippen LogP contribution in [0.4, 0.5) is 0 Å². The normalized spacial score (nSPS) is 10.7. The van der Waals surface area contributed by atoms with Crippen molar-refractivity contribution < 1.29 is 28.3 Å². The first kappa shape index (κ1) is 38.5. The van der Waals surface area contributed by atoms with Gasteiger partial charge in [0.05, 0.1) is 31.3 Å². The molecule has 2 heterocycles. The number of aryl methyl sites for hydroxylation is 2. The number of oxime groups is 1. The number of hydrogen-bond donors (Lipinski definition) is 4. The van der Waals surface area contributed by atoms with E-state index in [9.17, 15) is 14.4 Å². The van der Waals surface area contributed by atoms with Crippen LogP contribution in [0.1, 0.15) is 37.8 Å². The van der Waals surface area contributed by atoms with E-state index in [0.717, 1.165) is 0 Å². The fraction of sp³-hybridized carbons (Fsp3) is 0.0968. The van der Waals surface area contributed by atoms with Crippen LogP contribution in [-0.2, 0) is 9.63 Å². The number of hydrogen-bond acceptors (Lipinski definition) is 10. The molecule has 0 unspecified atom stereocenters. The molecule has 3 aromatic carbocycles. The zero-order valence-corrected chi connectivity index (χ0v) is 30.2. The predicted molar refractivity (Wildman–Crippen MR) is 191 cm³/mol. The van der Waals surface area contributed by atoms with Gasteiger partial charge in [0.1, 0.15) is 34.0 Å². The van der Waals surface area contributed by atoms with Gasteiger partial charge in [0.2, 0.25) is 0 Å². The van der Waals surface area contributed by atoms with Crippen LogP contribution in [0.15, 0.2) is 68.8 Å². The molecule has 5 rings (SSSR count). The lowest BCUT2D eigenvalue weighted by atomic mass is 10.1. The second-order valence-electron chi connectivity index (χ2n) is 9.77. The number of hydrazine groups is 2. The minimum atomic E-state index is -0.681. The minimum Gasteiger partial charge on any atom is -0.386 e. The number of nitrogen functional groups attached to an aromatic ring is 1. The van der Waals surface area contributed by atoms with Crippen molar-refractivity contribution in [3.63, 3.8) is 0 Å². The van der Waals surface area contributed by atoms with E-state index in [0.29, 0.717) is 42.5 Å². The van der Waals surface area contributed by atoms with Gasteiger partial charge in [-0.3, -0.25) is 30.7 Å². The van der Waals surface area contributed by atoms with Crippen LogP contribution in [-0.4, -0.2) is 40.9 Å². The summed E-state index contributed by atoms with van der Waals surface area (Å²) >= 11 is 36.3. The summed E-state index contributed by atoms with van der Waals surface area (Å²) in [6.07, 6.45) is 1.32. The Labute approximate surface area is 313 Å². The monoisotopic (exact) mass is 799 g/mol. The fourth-order valence-corrected chi connectivity index (χ4v) is 5.77. The molecule has 0 fully saturated rings. The summed E-state index contributed by atoms with van der Waals surface area (Å²) in [5.41, 5.74) is 8.52. The third kappa shape index (κ3) is 9.25. The number of benzene rings is 3. The molecule has 260 valence electrons. The molecule has 0 aliphatic heterocycles. The molecule has 0 radical (unpaired) electrons. The van der Waals surface area contributed by atoms with Crippen molar-refractivity contribution in [3.8, 4) is 22.5 Å². The Hall–Kier alpha value is -4.34. The first-order valence-electron chi connectivity index (χ1n) is 13.9. The molecule has 3 amide bonds. The molecule has 0 aliphatic carbocycles. The van der Waals surface area contributed by atoms with Gasteiger partial charge in [0.15, 0.2) is 6.61 Å². The maximum absolute atomic E-state index is 12.6. The highest BCUT2D eigenvalue weighted by atomic mass is 35.5.